The highest BCUT2D eigenvalue weighted by molar-refractivity contribution is 6.05. The number of nitrogens with two attached hydrogens (primary N) is 1. The van der Waals surface area contributed by atoms with Crippen molar-refractivity contribution in [1.82, 2.24) is 9.88 Å². The van der Waals surface area contributed by atoms with Crippen LogP contribution in [0.3, 0.4) is 0 Å². The van der Waals surface area contributed by atoms with Gasteiger partial charge in [-0.05, 0) is 69.5 Å². The topological polar surface area (TPSA) is 130 Å². The third-order valence-corrected chi connectivity index (χ3v) is 7.25. The van der Waals surface area contributed by atoms with Crippen LogP contribution in [0, 0.1) is 0 Å². The number of H-pyrrole nitrogens is 1. The highest BCUT2D eigenvalue weighted by Crippen LogP contribution is 2.26. The average molecular weight is 548 g/mol. The summed E-state index contributed by atoms with van der Waals surface area (Å²) >= 11 is 0. The van der Waals surface area contributed by atoms with E-state index in [0.29, 0.717) is 54.4 Å². The van der Waals surface area contributed by atoms with Crippen LogP contribution in [0.1, 0.15) is 43.2 Å². The van der Waals surface area contributed by atoms with Crippen molar-refractivity contribution in [2.75, 3.05) is 43.1 Å². The molecule has 2 aliphatic heterocycles. The minimum Gasteiger partial charge on any atom is -0.455 e. The first-order chi connectivity index (χ1) is 19.1. The van der Waals surface area contributed by atoms with Crippen molar-refractivity contribution in [2.45, 2.75) is 51.3 Å². The predicted molar refractivity (Wildman–Crippen MR) is 153 cm³/mol. The molecule has 0 unspecified atom stereocenters. The van der Waals surface area contributed by atoms with E-state index in [2.05, 4.69) is 15.2 Å². The zero-order valence-electron chi connectivity index (χ0n) is 23.2. The number of piperazine rings is 1. The monoisotopic (exact) mass is 547 g/mol. The third kappa shape index (κ3) is 6.35. The van der Waals surface area contributed by atoms with Crippen LogP contribution in [0.2, 0.25) is 0 Å². The smallest absolute Gasteiger partial charge is 0.355 e. The van der Waals surface area contributed by atoms with Gasteiger partial charge in [-0.1, -0.05) is 18.2 Å². The molecule has 212 valence electrons. The predicted octanol–water partition coefficient (Wildman–Crippen LogP) is 3.07. The molecule has 2 fully saturated rings. The summed E-state index contributed by atoms with van der Waals surface area (Å²) in [5.74, 6) is -0.720. The molecule has 0 spiro atoms. The lowest BCUT2D eigenvalue weighted by Gasteiger charge is -2.37. The number of carbonyl (C=O) groups is 3. The van der Waals surface area contributed by atoms with Gasteiger partial charge >= 0.3 is 5.97 Å². The van der Waals surface area contributed by atoms with Gasteiger partial charge in [0, 0.05) is 42.3 Å². The summed E-state index contributed by atoms with van der Waals surface area (Å²) in [6.07, 6.45) is 1.31. The number of fused-ring (bicyclic) bond motifs is 1. The Morgan fingerprint density at radius 1 is 1.18 bits per heavy atom. The number of hydrogen-bond donors (Lipinski definition) is 3. The number of rotatable bonds is 7. The van der Waals surface area contributed by atoms with Crippen molar-refractivity contribution in [3.63, 3.8) is 0 Å². The van der Waals surface area contributed by atoms with E-state index in [9.17, 15) is 14.4 Å². The summed E-state index contributed by atoms with van der Waals surface area (Å²) in [6.45, 7) is 8.73. The molecule has 0 saturated carbocycles. The number of benzene rings is 2. The maximum absolute atomic E-state index is 13.0. The Balaban J connectivity index is 1.19. The number of aromatic nitrogens is 1. The van der Waals surface area contributed by atoms with E-state index < -0.39 is 17.6 Å². The lowest BCUT2D eigenvalue weighted by Crippen LogP contribution is -2.53. The maximum Gasteiger partial charge on any atom is 0.355 e. The second-order valence-corrected chi connectivity index (χ2v) is 11.5. The first kappa shape index (κ1) is 27.8. The van der Waals surface area contributed by atoms with Crippen molar-refractivity contribution in [3.8, 4) is 0 Å². The second kappa shape index (κ2) is 11.4. The summed E-state index contributed by atoms with van der Waals surface area (Å²) in [6, 6.07) is 14.2. The van der Waals surface area contributed by atoms with Gasteiger partial charge in [0.1, 0.15) is 11.3 Å². The van der Waals surface area contributed by atoms with Crippen LogP contribution in [0.4, 0.5) is 11.4 Å². The first-order valence-corrected chi connectivity index (χ1v) is 13.7. The van der Waals surface area contributed by atoms with Gasteiger partial charge in [-0.15, -0.1) is 0 Å². The van der Waals surface area contributed by atoms with Gasteiger partial charge in [-0.25, -0.2) is 4.79 Å². The Bertz CT molecular complexity index is 1390. The van der Waals surface area contributed by atoms with E-state index >= 15 is 0 Å². The molecule has 2 aromatic carbocycles. The van der Waals surface area contributed by atoms with Gasteiger partial charge in [-0.2, -0.15) is 0 Å². The molecule has 3 aromatic rings. The number of amides is 2. The molecule has 2 amide bonds. The van der Waals surface area contributed by atoms with Gasteiger partial charge in [-0.3, -0.25) is 14.5 Å². The number of hydrogen-bond acceptors (Lipinski definition) is 7. The quantitative estimate of drug-likeness (QED) is 0.388. The van der Waals surface area contributed by atoms with Crippen LogP contribution in [-0.4, -0.2) is 78.2 Å². The standard InChI is InChI=1S/C30H37N5O5/c1-30(2,3)40-29(38)26-16-22-24(32-26)5-4-6-25(22)33-28(37)23(31)15-19-7-9-20(10-8-19)35-13-12-34(17-27(35)36)21-11-14-39-18-21/h4-10,16,21,23,32H,11-15,17-18,31H2,1-3H3,(H,33,37)/t21-,23-/m0/s1. The molecular formula is C30H37N5O5. The molecule has 0 bridgehead atoms. The summed E-state index contributed by atoms with van der Waals surface area (Å²) in [5.41, 5.74) is 8.95. The fraction of sp³-hybridized carbons (Fsp3) is 0.433. The molecule has 4 N–H and O–H groups in total. The summed E-state index contributed by atoms with van der Waals surface area (Å²) in [4.78, 5) is 45.4. The molecule has 1 aromatic heterocycles. The number of nitrogens with zero attached hydrogens (tertiary/aromatic N) is 2. The molecule has 5 rings (SSSR count). The Hall–Kier alpha value is -3.73. The molecule has 10 nitrogen and oxygen atoms in total. The van der Waals surface area contributed by atoms with Crippen LogP contribution < -0.4 is 16.0 Å². The Kier molecular flexibility index (Phi) is 7.93. The first-order valence-electron chi connectivity index (χ1n) is 13.7. The molecule has 40 heavy (non-hydrogen) atoms. The van der Waals surface area contributed by atoms with Crippen LogP contribution in [0.15, 0.2) is 48.5 Å². The molecule has 2 saturated heterocycles. The van der Waals surface area contributed by atoms with Gasteiger partial charge in [0.05, 0.1) is 24.9 Å². The summed E-state index contributed by atoms with van der Waals surface area (Å²) < 4.78 is 10.9. The van der Waals surface area contributed by atoms with Gasteiger partial charge in [0.2, 0.25) is 11.8 Å². The van der Waals surface area contributed by atoms with Crippen molar-refractivity contribution < 1.29 is 23.9 Å². The lowest BCUT2D eigenvalue weighted by molar-refractivity contribution is -0.122. The van der Waals surface area contributed by atoms with E-state index in [4.69, 9.17) is 15.2 Å². The fourth-order valence-corrected chi connectivity index (χ4v) is 5.18. The Labute approximate surface area is 233 Å². The van der Waals surface area contributed by atoms with Crippen molar-refractivity contribution in [3.05, 3.63) is 59.8 Å². The normalized spacial score (nSPS) is 19.1. The van der Waals surface area contributed by atoms with Crippen molar-refractivity contribution in [2.24, 2.45) is 5.73 Å². The Morgan fingerprint density at radius 2 is 1.95 bits per heavy atom. The lowest BCUT2D eigenvalue weighted by atomic mass is 10.0. The number of aromatic amines is 1. The molecule has 3 heterocycles. The van der Waals surface area contributed by atoms with Gasteiger partial charge in [0.15, 0.2) is 0 Å². The zero-order valence-corrected chi connectivity index (χ0v) is 23.2. The summed E-state index contributed by atoms with van der Waals surface area (Å²) in [5, 5.41) is 3.59. The number of carbonyl (C=O) groups excluding carboxylic acids is 3. The second-order valence-electron chi connectivity index (χ2n) is 11.5. The van der Waals surface area contributed by atoms with Gasteiger partial charge < -0.3 is 30.4 Å². The minimum atomic E-state index is -0.788. The highest BCUT2D eigenvalue weighted by Gasteiger charge is 2.31. The van der Waals surface area contributed by atoms with E-state index in [1.165, 1.54) is 0 Å². The molecule has 2 atom stereocenters. The zero-order chi connectivity index (χ0) is 28.4. The number of ether oxygens (including phenoxy) is 2. The van der Waals surface area contributed by atoms with E-state index in [0.717, 1.165) is 30.8 Å². The number of anilines is 2. The van der Waals surface area contributed by atoms with Crippen molar-refractivity contribution >= 4 is 40.1 Å². The largest absolute Gasteiger partial charge is 0.455 e. The molecule has 10 heteroatoms. The Morgan fingerprint density at radius 3 is 2.62 bits per heavy atom. The van der Waals surface area contributed by atoms with E-state index in [1.54, 1.807) is 18.2 Å². The van der Waals surface area contributed by atoms with Crippen molar-refractivity contribution in [1.29, 1.82) is 0 Å². The molecule has 0 radical (unpaired) electrons. The van der Waals surface area contributed by atoms with Crippen LogP contribution in [-0.2, 0) is 25.5 Å². The van der Waals surface area contributed by atoms with Crippen LogP contribution in [0.25, 0.3) is 10.9 Å². The molecular weight excluding hydrogens is 510 g/mol. The highest BCUT2D eigenvalue weighted by atomic mass is 16.6. The maximum atomic E-state index is 13.0. The van der Waals surface area contributed by atoms with Gasteiger partial charge in [0.25, 0.3) is 0 Å². The number of nitrogens with one attached hydrogen (secondary N) is 2. The SMILES string of the molecule is CC(C)(C)OC(=O)c1cc2c(NC(=O)[C@@H](N)Cc3ccc(N4CCN([C@H]5CCOC5)CC4=O)cc3)cccc2[nH]1. The van der Waals surface area contributed by atoms with E-state index in [1.807, 2.05) is 56.0 Å². The fourth-order valence-electron chi connectivity index (χ4n) is 5.18. The molecule has 2 aliphatic rings. The minimum absolute atomic E-state index is 0.0794. The molecule has 0 aliphatic carbocycles. The van der Waals surface area contributed by atoms with Crippen LogP contribution in [0.5, 0.6) is 0 Å². The third-order valence-electron chi connectivity index (χ3n) is 7.25. The average Bonchev–Trinajstić information content (AvgIpc) is 3.59. The summed E-state index contributed by atoms with van der Waals surface area (Å²) in [7, 11) is 0. The number of esters is 1. The van der Waals surface area contributed by atoms with Crippen LogP contribution >= 0.6 is 0 Å². The van der Waals surface area contributed by atoms with E-state index in [-0.39, 0.29) is 11.8 Å².